The molecule has 0 saturated carbocycles. The molecule has 1 aliphatic heterocycles. The van der Waals surface area contributed by atoms with Crippen LogP contribution in [0.4, 0.5) is 5.82 Å². The quantitative estimate of drug-likeness (QED) is 0.407. The summed E-state index contributed by atoms with van der Waals surface area (Å²) in [6.45, 7) is 3.66. The van der Waals surface area contributed by atoms with Crippen molar-refractivity contribution in [3.05, 3.63) is 53.1 Å². The Labute approximate surface area is 188 Å². The highest BCUT2D eigenvalue weighted by Gasteiger charge is 2.25. The molecule has 0 aromatic carbocycles. The number of unbranched alkanes of at least 4 members (excludes halogenated alkanes) is 1. The Morgan fingerprint density at radius 3 is 2.81 bits per heavy atom. The number of nitrogens with zero attached hydrogens (tertiary/aromatic N) is 2. The second-order valence-electron chi connectivity index (χ2n) is 8.17. The van der Waals surface area contributed by atoms with Gasteiger partial charge in [-0.3, -0.25) is 9.59 Å². The molecule has 1 fully saturated rings. The molecule has 4 N–H and O–H groups in total. The lowest BCUT2D eigenvalue weighted by molar-refractivity contribution is -0.116. The summed E-state index contributed by atoms with van der Waals surface area (Å²) in [7, 11) is 0. The Morgan fingerprint density at radius 1 is 1.34 bits per heavy atom. The number of aliphatic hydroxyl groups excluding tert-OH is 1. The van der Waals surface area contributed by atoms with Gasteiger partial charge in [-0.05, 0) is 56.4 Å². The van der Waals surface area contributed by atoms with Crippen molar-refractivity contribution in [2.24, 2.45) is 5.92 Å². The topological polar surface area (TPSA) is 122 Å². The highest BCUT2D eigenvalue weighted by Crippen LogP contribution is 2.25. The number of nitrogen functional groups attached to an aromatic ring is 1. The Hall–Kier alpha value is -3.13. The molecule has 1 saturated heterocycles. The van der Waals surface area contributed by atoms with E-state index in [4.69, 9.17) is 10.2 Å². The highest BCUT2D eigenvalue weighted by molar-refractivity contribution is 5.95. The Morgan fingerprint density at radius 2 is 2.12 bits per heavy atom. The number of nitrogens with one attached hydrogen (secondary N) is 1. The molecular formula is C24H32N4O4. The third-order valence-electron chi connectivity index (χ3n) is 5.88. The van der Waals surface area contributed by atoms with E-state index in [1.54, 1.807) is 31.3 Å². The van der Waals surface area contributed by atoms with Gasteiger partial charge in [0.1, 0.15) is 23.9 Å². The van der Waals surface area contributed by atoms with Gasteiger partial charge in [0.15, 0.2) is 0 Å². The minimum atomic E-state index is -0.202. The maximum atomic E-state index is 12.7. The van der Waals surface area contributed by atoms with E-state index in [2.05, 4.69) is 10.3 Å². The summed E-state index contributed by atoms with van der Waals surface area (Å²) in [5, 5.41) is 12.1. The molecule has 0 atom stereocenters. The number of hydrogen-bond acceptors (Lipinski definition) is 6. The first-order valence-corrected chi connectivity index (χ1v) is 11.1. The van der Waals surface area contributed by atoms with Crippen LogP contribution >= 0.6 is 0 Å². The Kier molecular flexibility index (Phi) is 8.44. The number of pyridine rings is 1. The molecule has 3 heterocycles. The molecule has 8 nitrogen and oxygen atoms in total. The smallest absolute Gasteiger partial charge is 0.257 e. The summed E-state index contributed by atoms with van der Waals surface area (Å²) in [5.74, 6) is 1.82. The standard InChI is InChI=1S/C24H32N4O4/c1-17-21(15-20(16-29)32-17)24(31)28-13-9-18(10-14-28)5-2-3-11-26-22(30)8-7-19-6-4-12-27-23(19)25/h4,6-8,12,15,18,29H,2-3,5,9-11,13-14,16H2,1H3,(H2,25,27)(H,26,30)/b8-7+. The number of likely N-dealkylation sites (tertiary alicyclic amines) is 1. The van der Waals surface area contributed by atoms with Crippen molar-refractivity contribution in [2.75, 3.05) is 25.4 Å². The van der Waals surface area contributed by atoms with E-state index in [1.165, 1.54) is 6.08 Å². The van der Waals surface area contributed by atoms with Crippen LogP contribution in [0.5, 0.6) is 0 Å². The number of nitrogens with two attached hydrogens (primary N) is 1. The summed E-state index contributed by atoms with van der Waals surface area (Å²) in [5.41, 5.74) is 7.03. The van der Waals surface area contributed by atoms with E-state index in [-0.39, 0.29) is 18.4 Å². The zero-order valence-electron chi connectivity index (χ0n) is 18.5. The van der Waals surface area contributed by atoms with Crippen molar-refractivity contribution in [3.8, 4) is 0 Å². The summed E-state index contributed by atoms with van der Waals surface area (Å²) < 4.78 is 5.39. The molecule has 8 heteroatoms. The summed E-state index contributed by atoms with van der Waals surface area (Å²) in [6, 6.07) is 5.23. The predicted molar refractivity (Wildman–Crippen MR) is 123 cm³/mol. The molecule has 0 unspecified atom stereocenters. The number of hydrogen-bond donors (Lipinski definition) is 3. The fourth-order valence-electron chi connectivity index (χ4n) is 3.99. The second-order valence-corrected chi connectivity index (χ2v) is 8.17. The van der Waals surface area contributed by atoms with Crippen LogP contribution in [0.2, 0.25) is 0 Å². The average molecular weight is 441 g/mol. The third-order valence-corrected chi connectivity index (χ3v) is 5.88. The maximum absolute atomic E-state index is 12.7. The van der Waals surface area contributed by atoms with Crippen molar-refractivity contribution in [1.29, 1.82) is 0 Å². The zero-order valence-corrected chi connectivity index (χ0v) is 18.5. The number of aryl methyl sites for hydroxylation is 1. The van der Waals surface area contributed by atoms with Crippen LogP contribution in [0, 0.1) is 12.8 Å². The highest BCUT2D eigenvalue weighted by atomic mass is 16.4. The number of amides is 2. The molecule has 1 aliphatic rings. The van der Waals surface area contributed by atoms with Gasteiger partial charge < -0.3 is 25.5 Å². The maximum Gasteiger partial charge on any atom is 0.257 e. The summed E-state index contributed by atoms with van der Waals surface area (Å²) in [4.78, 5) is 30.5. The van der Waals surface area contributed by atoms with Crippen LogP contribution in [-0.2, 0) is 11.4 Å². The molecular weight excluding hydrogens is 408 g/mol. The van der Waals surface area contributed by atoms with Gasteiger partial charge in [-0.2, -0.15) is 0 Å². The van der Waals surface area contributed by atoms with E-state index in [0.717, 1.165) is 50.8 Å². The van der Waals surface area contributed by atoms with Gasteiger partial charge in [-0.1, -0.05) is 12.8 Å². The fourth-order valence-corrected chi connectivity index (χ4v) is 3.99. The SMILES string of the molecule is Cc1oc(CO)cc1C(=O)N1CCC(CCCCNC(=O)/C=C/c2cccnc2N)CC1. The van der Waals surface area contributed by atoms with E-state index in [1.807, 2.05) is 11.0 Å². The van der Waals surface area contributed by atoms with Gasteiger partial charge in [-0.25, -0.2) is 4.98 Å². The molecule has 0 bridgehead atoms. The molecule has 2 amide bonds. The van der Waals surface area contributed by atoms with Gasteiger partial charge in [-0.15, -0.1) is 0 Å². The molecule has 2 aromatic heterocycles. The molecule has 0 radical (unpaired) electrons. The predicted octanol–water partition coefficient (Wildman–Crippen LogP) is 2.91. The van der Waals surface area contributed by atoms with Crippen molar-refractivity contribution < 1.29 is 19.1 Å². The molecule has 0 aliphatic carbocycles. The third kappa shape index (κ3) is 6.43. The first-order valence-electron chi connectivity index (χ1n) is 11.1. The minimum Gasteiger partial charge on any atom is -0.463 e. The number of carbonyl (C=O) groups is 2. The number of furan rings is 1. The lowest BCUT2D eigenvalue weighted by Gasteiger charge is -2.32. The molecule has 2 aromatic rings. The molecule has 32 heavy (non-hydrogen) atoms. The second kappa shape index (κ2) is 11.5. The lowest BCUT2D eigenvalue weighted by Crippen LogP contribution is -2.38. The van der Waals surface area contributed by atoms with E-state index >= 15 is 0 Å². The van der Waals surface area contributed by atoms with Crippen molar-refractivity contribution in [2.45, 2.75) is 45.6 Å². The van der Waals surface area contributed by atoms with Gasteiger partial charge in [0.2, 0.25) is 5.91 Å². The number of anilines is 1. The number of piperidine rings is 1. The van der Waals surface area contributed by atoms with Crippen LogP contribution in [-0.4, -0.2) is 46.4 Å². The van der Waals surface area contributed by atoms with Gasteiger partial charge in [0.25, 0.3) is 5.91 Å². The van der Waals surface area contributed by atoms with Crippen LogP contribution < -0.4 is 11.1 Å². The normalized spacial score (nSPS) is 14.8. The van der Waals surface area contributed by atoms with Crippen LogP contribution in [0.3, 0.4) is 0 Å². The van der Waals surface area contributed by atoms with E-state index < -0.39 is 0 Å². The van der Waals surface area contributed by atoms with Crippen LogP contribution in [0.15, 0.2) is 34.9 Å². The first kappa shape index (κ1) is 23.5. The van der Waals surface area contributed by atoms with Crippen LogP contribution in [0.1, 0.15) is 59.5 Å². The number of aliphatic hydroxyl groups is 1. The number of rotatable bonds is 9. The summed E-state index contributed by atoms with van der Waals surface area (Å²) in [6.07, 6.45) is 9.79. The average Bonchev–Trinajstić information content (AvgIpc) is 3.19. The molecule has 172 valence electrons. The van der Waals surface area contributed by atoms with Gasteiger partial charge >= 0.3 is 0 Å². The Bertz CT molecular complexity index is 945. The van der Waals surface area contributed by atoms with Crippen molar-refractivity contribution >= 4 is 23.7 Å². The van der Waals surface area contributed by atoms with Crippen molar-refractivity contribution in [3.63, 3.8) is 0 Å². The van der Waals surface area contributed by atoms with Gasteiger partial charge in [0, 0.05) is 37.5 Å². The van der Waals surface area contributed by atoms with E-state index in [0.29, 0.717) is 35.4 Å². The fraction of sp³-hybridized carbons (Fsp3) is 0.458. The molecule has 0 spiro atoms. The summed E-state index contributed by atoms with van der Waals surface area (Å²) >= 11 is 0. The first-order chi connectivity index (χ1) is 15.5. The zero-order chi connectivity index (χ0) is 22.9. The lowest BCUT2D eigenvalue weighted by atomic mass is 9.91. The number of carbonyl (C=O) groups excluding carboxylic acids is 2. The van der Waals surface area contributed by atoms with Crippen molar-refractivity contribution in [1.82, 2.24) is 15.2 Å². The van der Waals surface area contributed by atoms with Gasteiger partial charge in [0.05, 0.1) is 5.56 Å². The Balaban J connectivity index is 1.31. The van der Waals surface area contributed by atoms with Crippen LogP contribution in [0.25, 0.3) is 6.08 Å². The largest absolute Gasteiger partial charge is 0.463 e. The van der Waals surface area contributed by atoms with E-state index in [9.17, 15) is 14.7 Å². The molecule has 3 rings (SSSR count). The minimum absolute atomic E-state index is 0.0202. The number of aromatic nitrogens is 1. The monoisotopic (exact) mass is 440 g/mol.